The minimum absolute atomic E-state index is 0.0190. The number of halogens is 2. The quantitative estimate of drug-likeness (QED) is 0.787. The van der Waals surface area contributed by atoms with Gasteiger partial charge in [-0.3, -0.25) is 4.79 Å². The zero-order valence-corrected chi connectivity index (χ0v) is 16.4. The number of nitrogens with one attached hydrogen (secondary N) is 1. The second kappa shape index (κ2) is 8.10. The molecule has 0 radical (unpaired) electrons. The normalized spacial score (nSPS) is 16.6. The third-order valence-electron chi connectivity index (χ3n) is 4.31. The van der Waals surface area contributed by atoms with E-state index in [9.17, 15) is 18.4 Å². The number of ether oxygens (including phenoxy) is 1. The van der Waals surface area contributed by atoms with Crippen LogP contribution in [0.25, 0.3) is 11.3 Å². The van der Waals surface area contributed by atoms with Gasteiger partial charge in [-0.1, -0.05) is 0 Å². The highest BCUT2D eigenvalue weighted by molar-refractivity contribution is 5.85. The van der Waals surface area contributed by atoms with Gasteiger partial charge in [-0.25, -0.2) is 23.5 Å². The van der Waals surface area contributed by atoms with Gasteiger partial charge in [0.15, 0.2) is 6.29 Å². The van der Waals surface area contributed by atoms with Crippen molar-refractivity contribution in [1.82, 2.24) is 15.3 Å². The number of anilines is 1. The molecule has 1 atom stereocenters. The number of hydrogen-bond acceptors (Lipinski definition) is 6. The van der Waals surface area contributed by atoms with Crippen molar-refractivity contribution < 1.29 is 23.1 Å². The Kier molecular flexibility index (Phi) is 5.76. The molecule has 0 aliphatic carbocycles. The maximum absolute atomic E-state index is 14.2. The number of amides is 1. The van der Waals surface area contributed by atoms with Crippen molar-refractivity contribution in [2.24, 2.45) is 0 Å². The zero-order chi connectivity index (χ0) is 21.2. The summed E-state index contributed by atoms with van der Waals surface area (Å²) in [5.41, 5.74) is -0.634. The number of aromatic nitrogens is 2. The molecule has 1 amide bonds. The van der Waals surface area contributed by atoms with Crippen LogP contribution >= 0.6 is 0 Å². The molecule has 1 unspecified atom stereocenters. The smallest absolute Gasteiger partial charge is 0.407 e. The fraction of sp³-hybridized carbons (Fsp3) is 0.400. The van der Waals surface area contributed by atoms with Gasteiger partial charge in [-0.15, -0.1) is 0 Å². The first-order valence-electron chi connectivity index (χ1n) is 9.18. The summed E-state index contributed by atoms with van der Waals surface area (Å²) < 4.78 is 33.1. The molecule has 1 fully saturated rings. The Morgan fingerprint density at radius 2 is 2.10 bits per heavy atom. The van der Waals surface area contributed by atoms with Crippen LogP contribution < -0.4 is 10.2 Å². The standard InChI is InChI=1S/C20H22F2N4O3/c1-20(2,3)29-19(28)24-14-6-7-26(10-14)18-23-9-12(11-27)17(25-18)15-8-13(21)4-5-16(15)22/h4-5,8-9,11,14H,6-7,10H2,1-3H3,(H,24,28). The fourth-order valence-electron chi connectivity index (χ4n) is 3.05. The summed E-state index contributed by atoms with van der Waals surface area (Å²) >= 11 is 0. The van der Waals surface area contributed by atoms with Gasteiger partial charge in [0.05, 0.1) is 17.3 Å². The fourth-order valence-corrected chi connectivity index (χ4v) is 3.05. The van der Waals surface area contributed by atoms with Crippen molar-refractivity contribution in [3.8, 4) is 11.3 Å². The van der Waals surface area contributed by atoms with Gasteiger partial charge in [0, 0.05) is 24.8 Å². The number of rotatable bonds is 4. The highest BCUT2D eigenvalue weighted by Crippen LogP contribution is 2.27. The summed E-state index contributed by atoms with van der Waals surface area (Å²) in [6.45, 7) is 6.31. The number of carbonyl (C=O) groups is 2. The topological polar surface area (TPSA) is 84.4 Å². The lowest BCUT2D eigenvalue weighted by Crippen LogP contribution is -2.40. The predicted octanol–water partition coefficient (Wildman–Crippen LogP) is 3.34. The van der Waals surface area contributed by atoms with E-state index in [0.717, 1.165) is 18.2 Å². The molecule has 0 bridgehead atoms. The lowest BCUT2D eigenvalue weighted by Gasteiger charge is -2.22. The van der Waals surface area contributed by atoms with E-state index in [1.165, 1.54) is 6.20 Å². The minimum atomic E-state index is -0.690. The van der Waals surface area contributed by atoms with Crippen molar-refractivity contribution in [1.29, 1.82) is 0 Å². The zero-order valence-electron chi connectivity index (χ0n) is 16.4. The maximum Gasteiger partial charge on any atom is 0.407 e. The first-order chi connectivity index (χ1) is 13.7. The van der Waals surface area contributed by atoms with Crippen LogP contribution in [0, 0.1) is 11.6 Å². The number of hydrogen-bond donors (Lipinski definition) is 1. The lowest BCUT2D eigenvalue weighted by atomic mass is 10.1. The summed E-state index contributed by atoms with van der Waals surface area (Å²) in [7, 11) is 0. The highest BCUT2D eigenvalue weighted by Gasteiger charge is 2.28. The van der Waals surface area contributed by atoms with Gasteiger partial charge in [0.25, 0.3) is 0 Å². The molecule has 2 heterocycles. The molecule has 1 N–H and O–H groups in total. The van der Waals surface area contributed by atoms with Crippen LogP contribution in [0.1, 0.15) is 37.6 Å². The molecule has 29 heavy (non-hydrogen) atoms. The molecule has 7 nitrogen and oxygen atoms in total. The van der Waals surface area contributed by atoms with Crippen molar-refractivity contribution in [2.75, 3.05) is 18.0 Å². The maximum atomic E-state index is 14.2. The monoisotopic (exact) mass is 404 g/mol. The molecule has 1 aromatic carbocycles. The number of nitrogens with zero attached hydrogens (tertiary/aromatic N) is 3. The van der Waals surface area contributed by atoms with E-state index in [2.05, 4.69) is 15.3 Å². The molecule has 154 valence electrons. The van der Waals surface area contributed by atoms with Crippen molar-refractivity contribution in [3.05, 3.63) is 41.6 Å². The molecule has 0 spiro atoms. The number of alkyl carbamates (subject to hydrolysis) is 1. The van der Waals surface area contributed by atoms with E-state index >= 15 is 0 Å². The predicted molar refractivity (Wildman–Crippen MR) is 103 cm³/mol. The summed E-state index contributed by atoms with van der Waals surface area (Å²) in [4.78, 5) is 33.6. The molecule has 2 aromatic rings. The number of aldehydes is 1. The first kappa shape index (κ1) is 20.6. The average Bonchev–Trinajstić information content (AvgIpc) is 3.10. The second-order valence-corrected chi connectivity index (χ2v) is 7.79. The Balaban J connectivity index is 1.79. The van der Waals surface area contributed by atoms with Crippen LogP contribution in [0.3, 0.4) is 0 Å². The van der Waals surface area contributed by atoms with Crippen molar-refractivity contribution in [2.45, 2.75) is 38.8 Å². The molecule has 9 heteroatoms. The van der Waals surface area contributed by atoms with E-state index in [-0.39, 0.29) is 28.8 Å². The average molecular weight is 404 g/mol. The second-order valence-electron chi connectivity index (χ2n) is 7.79. The van der Waals surface area contributed by atoms with Gasteiger partial charge < -0.3 is 15.0 Å². The SMILES string of the molecule is CC(C)(C)OC(=O)NC1CCN(c2ncc(C=O)c(-c3cc(F)ccc3F)n2)C1. The summed E-state index contributed by atoms with van der Waals surface area (Å²) in [6, 6.07) is 2.80. The Labute approximate surface area is 167 Å². The largest absolute Gasteiger partial charge is 0.444 e. The van der Waals surface area contributed by atoms with Crippen LogP contribution in [0.15, 0.2) is 24.4 Å². The molecule has 0 saturated carbocycles. The molecule has 1 aliphatic rings. The lowest BCUT2D eigenvalue weighted by molar-refractivity contribution is 0.0509. The summed E-state index contributed by atoms with van der Waals surface area (Å²) in [5.74, 6) is -1.06. The van der Waals surface area contributed by atoms with E-state index in [1.807, 2.05) is 0 Å². The highest BCUT2D eigenvalue weighted by atomic mass is 19.1. The van der Waals surface area contributed by atoms with E-state index in [4.69, 9.17) is 4.74 Å². The summed E-state index contributed by atoms with van der Waals surface area (Å²) in [6.07, 6.45) is 1.91. The molecule has 1 saturated heterocycles. The Morgan fingerprint density at radius 1 is 1.34 bits per heavy atom. The van der Waals surface area contributed by atoms with E-state index < -0.39 is 23.3 Å². The third kappa shape index (κ3) is 5.04. The molecular formula is C20H22F2N4O3. The van der Waals surface area contributed by atoms with Gasteiger partial charge in [-0.2, -0.15) is 0 Å². The van der Waals surface area contributed by atoms with Crippen LogP contribution in [0.2, 0.25) is 0 Å². The van der Waals surface area contributed by atoms with Crippen molar-refractivity contribution >= 4 is 18.3 Å². The number of carbonyl (C=O) groups excluding carboxylic acids is 2. The molecule has 3 rings (SSSR count). The van der Waals surface area contributed by atoms with Gasteiger partial charge in [-0.05, 0) is 45.4 Å². The van der Waals surface area contributed by atoms with Crippen LogP contribution in [0.5, 0.6) is 0 Å². The number of benzene rings is 1. The first-order valence-corrected chi connectivity index (χ1v) is 9.18. The summed E-state index contributed by atoms with van der Waals surface area (Å²) in [5, 5.41) is 2.80. The van der Waals surface area contributed by atoms with Gasteiger partial charge in [0.2, 0.25) is 5.95 Å². The Morgan fingerprint density at radius 3 is 2.79 bits per heavy atom. The van der Waals surface area contributed by atoms with Crippen LogP contribution in [-0.2, 0) is 4.74 Å². The van der Waals surface area contributed by atoms with Crippen molar-refractivity contribution in [3.63, 3.8) is 0 Å². The van der Waals surface area contributed by atoms with E-state index in [1.54, 1.807) is 25.7 Å². The minimum Gasteiger partial charge on any atom is -0.444 e. The van der Waals surface area contributed by atoms with E-state index in [0.29, 0.717) is 25.8 Å². The van der Waals surface area contributed by atoms with Crippen LogP contribution in [-0.4, -0.2) is 47.1 Å². The molecular weight excluding hydrogens is 382 g/mol. The molecule has 1 aliphatic heterocycles. The van der Waals surface area contributed by atoms with Gasteiger partial charge in [0.1, 0.15) is 17.2 Å². The van der Waals surface area contributed by atoms with Gasteiger partial charge >= 0.3 is 6.09 Å². The third-order valence-corrected chi connectivity index (χ3v) is 4.31. The Hall–Kier alpha value is -3.10. The Bertz CT molecular complexity index is 930. The van der Waals surface area contributed by atoms with Crippen LogP contribution in [0.4, 0.5) is 19.5 Å². The molecule has 1 aromatic heterocycles.